The summed E-state index contributed by atoms with van der Waals surface area (Å²) in [7, 11) is 1.70. The van der Waals surface area contributed by atoms with E-state index in [1.807, 2.05) is 24.0 Å². The second-order valence-corrected chi connectivity index (χ2v) is 4.99. The summed E-state index contributed by atoms with van der Waals surface area (Å²) in [6.45, 7) is 4.26. The predicted octanol–water partition coefficient (Wildman–Crippen LogP) is 1.69. The highest BCUT2D eigenvalue weighted by molar-refractivity contribution is 5.95. The third-order valence-corrected chi connectivity index (χ3v) is 3.32. The molecule has 2 rings (SSSR count). The minimum absolute atomic E-state index is 0.0732. The van der Waals surface area contributed by atoms with Crippen molar-refractivity contribution >= 4 is 11.6 Å². The molecule has 1 aliphatic heterocycles. The highest BCUT2D eigenvalue weighted by atomic mass is 16.5. The van der Waals surface area contributed by atoms with E-state index in [1.165, 1.54) is 0 Å². The average molecular weight is 248 g/mol. The van der Waals surface area contributed by atoms with Gasteiger partial charge in [0, 0.05) is 37.4 Å². The molecule has 18 heavy (non-hydrogen) atoms. The van der Waals surface area contributed by atoms with Gasteiger partial charge in [-0.3, -0.25) is 4.79 Å². The molecule has 1 aliphatic rings. The van der Waals surface area contributed by atoms with Crippen molar-refractivity contribution in [3.05, 3.63) is 29.3 Å². The number of hydrogen-bond acceptors (Lipinski definition) is 3. The lowest BCUT2D eigenvalue weighted by Crippen LogP contribution is -2.29. The third-order valence-electron chi connectivity index (χ3n) is 3.32. The molecule has 1 heterocycles. The summed E-state index contributed by atoms with van der Waals surface area (Å²) < 4.78 is 5.14. The quantitative estimate of drug-likeness (QED) is 0.828. The van der Waals surface area contributed by atoms with Gasteiger partial charge in [0.2, 0.25) is 0 Å². The molecule has 1 atom stereocenters. The first-order chi connectivity index (χ1) is 8.60. The summed E-state index contributed by atoms with van der Waals surface area (Å²) in [4.78, 5) is 14.2. The van der Waals surface area contributed by atoms with Crippen LogP contribution in [0.5, 0.6) is 0 Å². The van der Waals surface area contributed by atoms with Crippen LogP contribution in [0.3, 0.4) is 0 Å². The van der Waals surface area contributed by atoms with Crippen LogP contribution < -0.4 is 5.73 Å². The molecule has 0 bridgehead atoms. The number of amides is 1. The molecule has 1 amide bonds. The number of carbonyl (C=O) groups excluding carboxylic acids is 1. The Hall–Kier alpha value is -1.55. The van der Waals surface area contributed by atoms with Crippen LogP contribution in [-0.2, 0) is 4.74 Å². The number of carbonyl (C=O) groups is 1. The maximum atomic E-state index is 12.3. The zero-order valence-corrected chi connectivity index (χ0v) is 11.0. The molecule has 1 aromatic carbocycles. The van der Waals surface area contributed by atoms with Gasteiger partial charge < -0.3 is 15.4 Å². The van der Waals surface area contributed by atoms with Gasteiger partial charge >= 0.3 is 0 Å². The van der Waals surface area contributed by atoms with Crippen molar-refractivity contribution < 1.29 is 9.53 Å². The molecule has 1 aromatic rings. The molecule has 1 unspecified atom stereocenters. The standard InChI is InChI=1S/C14H20N2O2/c1-10-5-12(7-13(15)6-10)14(17)16-4-3-11(8-16)9-18-2/h5-7,11H,3-4,8-9,15H2,1-2H3. The summed E-state index contributed by atoms with van der Waals surface area (Å²) in [5, 5.41) is 0. The number of likely N-dealkylation sites (tertiary alicyclic amines) is 1. The number of rotatable bonds is 3. The van der Waals surface area contributed by atoms with Crippen molar-refractivity contribution in [2.75, 3.05) is 32.5 Å². The molecule has 0 spiro atoms. The Balaban J connectivity index is 2.08. The normalized spacial score (nSPS) is 19.2. The molecule has 4 heteroatoms. The first kappa shape index (κ1) is 12.9. The van der Waals surface area contributed by atoms with Gasteiger partial charge in [-0.1, -0.05) is 0 Å². The molecule has 4 nitrogen and oxygen atoms in total. The number of nitrogen functional groups attached to an aromatic ring is 1. The van der Waals surface area contributed by atoms with Crippen LogP contribution in [0.15, 0.2) is 18.2 Å². The maximum absolute atomic E-state index is 12.3. The highest BCUT2D eigenvalue weighted by Gasteiger charge is 2.26. The van der Waals surface area contributed by atoms with Crippen LogP contribution in [0.1, 0.15) is 22.3 Å². The number of benzene rings is 1. The van der Waals surface area contributed by atoms with E-state index in [0.717, 1.165) is 31.7 Å². The van der Waals surface area contributed by atoms with Gasteiger partial charge in [0.05, 0.1) is 6.61 Å². The largest absolute Gasteiger partial charge is 0.399 e. The molecule has 98 valence electrons. The van der Waals surface area contributed by atoms with E-state index >= 15 is 0 Å². The summed E-state index contributed by atoms with van der Waals surface area (Å²) >= 11 is 0. The number of hydrogen-bond donors (Lipinski definition) is 1. The lowest BCUT2D eigenvalue weighted by molar-refractivity contribution is 0.0775. The van der Waals surface area contributed by atoms with Gasteiger partial charge in [-0.15, -0.1) is 0 Å². The molecule has 1 saturated heterocycles. The van der Waals surface area contributed by atoms with E-state index in [-0.39, 0.29) is 5.91 Å². The highest BCUT2D eigenvalue weighted by Crippen LogP contribution is 2.20. The van der Waals surface area contributed by atoms with Crippen molar-refractivity contribution in [3.63, 3.8) is 0 Å². The van der Waals surface area contributed by atoms with Gasteiger partial charge in [0.1, 0.15) is 0 Å². The number of aryl methyl sites for hydroxylation is 1. The fourth-order valence-corrected chi connectivity index (χ4v) is 2.51. The van der Waals surface area contributed by atoms with E-state index < -0.39 is 0 Å². The average Bonchev–Trinajstić information content (AvgIpc) is 2.76. The van der Waals surface area contributed by atoms with Crippen molar-refractivity contribution in [3.8, 4) is 0 Å². The van der Waals surface area contributed by atoms with Gasteiger partial charge in [-0.25, -0.2) is 0 Å². The van der Waals surface area contributed by atoms with Crippen LogP contribution in [0.2, 0.25) is 0 Å². The van der Waals surface area contributed by atoms with Crippen LogP contribution in [-0.4, -0.2) is 37.6 Å². The first-order valence-electron chi connectivity index (χ1n) is 6.25. The van der Waals surface area contributed by atoms with Crippen molar-refractivity contribution in [1.82, 2.24) is 4.90 Å². The van der Waals surface area contributed by atoms with E-state index in [4.69, 9.17) is 10.5 Å². The lowest BCUT2D eigenvalue weighted by atomic mass is 10.1. The van der Waals surface area contributed by atoms with Gasteiger partial charge in [-0.05, 0) is 37.1 Å². The Kier molecular flexibility index (Phi) is 3.87. The Morgan fingerprint density at radius 2 is 2.28 bits per heavy atom. The summed E-state index contributed by atoms with van der Waals surface area (Å²) in [5.74, 6) is 0.533. The Morgan fingerprint density at radius 3 is 2.94 bits per heavy atom. The number of nitrogens with two attached hydrogens (primary N) is 1. The van der Waals surface area contributed by atoms with E-state index in [2.05, 4.69) is 0 Å². The van der Waals surface area contributed by atoms with E-state index in [9.17, 15) is 4.79 Å². The van der Waals surface area contributed by atoms with Crippen molar-refractivity contribution in [2.45, 2.75) is 13.3 Å². The molecule has 2 N–H and O–H groups in total. The predicted molar refractivity (Wildman–Crippen MR) is 71.5 cm³/mol. The summed E-state index contributed by atoms with van der Waals surface area (Å²) in [6.07, 6.45) is 1.01. The molecule has 0 aliphatic carbocycles. The fourth-order valence-electron chi connectivity index (χ4n) is 2.51. The molecule has 0 aromatic heterocycles. The second kappa shape index (κ2) is 5.40. The smallest absolute Gasteiger partial charge is 0.253 e. The summed E-state index contributed by atoms with van der Waals surface area (Å²) in [6, 6.07) is 5.51. The van der Waals surface area contributed by atoms with Gasteiger partial charge in [-0.2, -0.15) is 0 Å². The zero-order chi connectivity index (χ0) is 13.1. The number of nitrogens with zero attached hydrogens (tertiary/aromatic N) is 1. The molecular weight excluding hydrogens is 228 g/mol. The number of methoxy groups -OCH3 is 1. The lowest BCUT2D eigenvalue weighted by Gasteiger charge is -2.17. The summed E-state index contributed by atoms with van der Waals surface area (Å²) in [5.41, 5.74) is 8.13. The number of anilines is 1. The van der Waals surface area contributed by atoms with E-state index in [0.29, 0.717) is 17.2 Å². The Morgan fingerprint density at radius 1 is 1.50 bits per heavy atom. The fraction of sp³-hybridized carbons (Fsp3) is 0.500. The van der Waals surface area contributed by atoms with Crippen LogP contribution >= 0.6 is 0 Å². The van der Waals surface area contributed by atoms with Gasteiger partial charge in [0.15, 0.2) is 0 Å². The van der Waals surface area contributed by atoms with Crippen molar-refractivity contribution in [2.24, 2.45) is 5.92 Å². The Labute approximate surface area is 108 Å². The van der Waals surface area contributed by atoms with Crippen LogP contribution in [0.4, 0.5) is 5.69 Å². The minimum Gasteiger partial charge on any atom is -0.399 e. The third kappa shape index (κ3) is 2.82. The number of ether oxygens (including phenoxy) is 1. The topological polar surface area (TPSA) is 55.6 Å². The first-order valence-corrected chi connectivity index (χ1v) is 6.25. The van der Waals surface area contributed by atoms with Gasteiger partial charge in [0.25, 0.3) is 5.91 Å². The monoisotopic (exact) mass is 248 g/mol. The van der Waals surface area contributed by atoms with Crippen molar-refractivity contribution in [1.29, 1.82) is 0 Å². The molecule has 0 saturated carbocycles. The Bertz CT molecular complexity index is 425. The minimum atomic E-state index is 0.0732. The second-order valence-electron chi connectivity index (χ2n) is 4.99. The molecular formula is C14H20N2O2. The molecule has 1 fully saturated rings. The van der Waals surface area contributed by atoms with Crippen LogP contribution in [0.25, 0.3) is 0 Å². The SMILES string of the molecule is COCC1CCN(C(=O)c2cc(C)cc(N)c2)C1. The zero-order valence-electron chi connectivity index (χ0n) is 11.0. The van der Waals surface area contributed by atoms with E-state index in [1.54, 1.807) is 13.2 Å². The van der Waals surface area contributed by atoms with Crippen LogP contribution in [0, 0.1) is 12.8 Å². The maximum Gasteiger partial charge on any atom is 0.253 e. The molecule has 0 radical (unpaired) electrons.